The van der Waals surface area contributed by atoms with Crippen LogP contribution in [0.5, 0.6) is 0 Å². The van der Waals surface area contributed by atoms with Crippen molar-refractivity contribution in [1.29, 1.82) is 0 Å². The Morgan fingerprint density at radius 3 is 1.96 bits per heavy atom. The van der Waals surface area contributed by atoms with E-state index in [1.165, 1.54) is 0 Å². The zero-order valence-electron chi connectivity index (χ0n) is 13.2. The summed E-state index contributed by atoms with van der Waals surface area (Å²) in [4.78, 5) is 49.2. The molecule has 2 amide bonds. The summed E-state index contributed by atoms with van der Waals surface area (Å²) in [5, 5.41) is 18.2. The van der Waals surface area contributed by atoms with Crippen molar-refractivity contribution in [1.82, 2.24) is 9.80 Å². The van der Waals surface area contributed by atoms with E-state index in [9.17, 15) is 23.6 Å². The Kier molecular flexibility index (Phi) is 5.74. The first kappa shape index (κ1) is 18.2. The Morgan fingerprint density at radius 1 is 0.958 bits per heavy atom. The van der Waals surface area contributed by atoms with E-state index in [1.807, 2.05) is 0 Å². The minimum atomic E-state index is -1.27. The van der Waals surface area contributed by atoms with E-state index in [1.54, 1.807) is 0 Å². The summed E-state index contributed by atoms with van der Waals surface area (Å²) in [7, 11) is 0. The maximum absolute atomic E-state index is 13.3. The fraction of sp³-hybridized carbons (Fsp3) is 0.733. The maximum atomic E-state index is 13.3. The van der Waals surface area contributed by atoms with Gasteiger partial charge in [-0.15, -0.1) is 0 Å². The van der Waals surface area contributed by atoms with Gasteiger partial charge in [0.15, 0.2) is 0 Å². The Bertz CT molecular complexity index is 540. The highest BCUT2D eigenvalue weighted by Gasteiger charge is 2.40. The molecule has 0 aromatic rings. The fourth-order valence-electron chi connectivity index (χ4n) is 3.38. The largest absolute Gasteiger partial charge is 0.480 e. The van der Waals surface area contributed by atoms with E-state index in [-0.39, 0.29) is 13.1 Å². The van der Waals surface area contributed by atoms with E-state index in [0.29, 0.717) is 25.7 Å². The summed E-state index contributed by atoms with van der Waals surface area (Å²) in [6.45, 7) is -0.592. The van der Waals surface area contributed by atoms with Gasteiger partial charge in [0.1, 0.15) is 18.8 Å². The van der Waals surface area contributed by atoms with E-state index < -0.39 is 54.8 Å². The first-order valence-corrected chi connectivity index (χ1v) is 7.98. The molecular weight excluding hydrogens is 323 g/mol. The van der Waals surface area contributed by atoms with Gasteiger partial charge in [-0.2, -0.15) is 0 Å². The lowest BCUT2D eigenvalue weighted by Gasteiger charge is -2.27. The molecule has 2 rings (SSSR count). The molecule has 2 aliphatic heterocycles. The van der Waals surface area contributed by atoms with Gasteiger partial charge >= 0.3 is 11.9 Å². The first-order valence-electron chi connectivity index (χ1n) is 7.98. The van der Waals surface area contributed by atoms with Gasteiger partial charge in [0, 0.05) is 19.5 Å². The number of carbonyl (C=O) groups excluding carboxylic acids is 2. The number of carbonyl (C=O) groups is 4. The molecule has 2 N–H and O–H groups in total. The Morgan fingerprint density at radius 2 is 1.46 bits per heavy atom. The Labute approximate surface area is 138 Å². The average Bonchev–Trinajstić information content (AvgIpc) is 3.19. The van der Waals surface area contributed by atoms with Crippen molar-refractivity contribution in [2.24, 2.45) is 5.92 Å². The van der Waals surface area contributed by atoms with Crippen molar-refractivity contribution in [3.63, 3.8) is 0 Å². The SMILES string of the molecule is O=C(O)C1CCCN1C(=O)C(CF)CC(=O)N1CCC[C@H]1C(=O)O. The first-order chi connectivity index (χ1) is 11.4. The number of hydrogen-bond acceptors (Lipinski definition) is 4. The highest BCUT2D eigenvalue weighted by atomic mass is 19.1. The van der Waals surface area contributed by atoms with E-state index in [4.69, 9.17) is 10.2 Å². The molecular formula is C15H21FN2O6. The number of carboxylic acids is 2. The van der Waals surface area contributed by atoms with Crippen molar-refractivity contribution in [2.45, 2.75) is 44.2 Å². The third kappa shape index (κ3) is 3.65. The van der Waals surface area contributed by atoms with Crippen molar-refractivity contribution in [2.75, 3.05) is 19.8 Å². The normalized spacial score (nSPS) is 24.9. The average molecular weight is 344 g/mol. The predicted octanol–water partition coefficient (Wildman–Crippen LogP) is 0.113. The van der Waals surface area contributed by atoms with Crippen molar-refractivity contribution in [3.8, 4) is 0 Å². The number of hydrogen-bond donors (Lipinski definition) is 2. The minimum Gasteiger partial charge on any atom is -0.480 e. The van der Waals surface area contributed by atoms with Crippen LogP contribution in [0.4, 0.5) is 4.39 Å². The van der Waals surface area contributed by atoms with E-state index >= 15 is 0 Å². The maximum Gasteiger partial charge on any atom is 0.326 e. The monoisotopic (exact) mass is 344 g/mol. The van der Waals surface area contributed by atoms with Gasteiger partial charge in [0.2, 0.25) is 11.8 Å². The van der Waals surface area contributed by atoms with Gasteiger partial charge in [0.25, 0.3) is 0 Å². The second-order valence-corrected chi connectivity index (χ2v) is 6.17. The molecule has 0 spiro atoms. The highest BCUT2D eigenvalue weighted by molar-refractivity contribution is 5.90. The number of halogens is 1. The zero-order chi connectivity index (χ0) is 17.9. The van der Waals surface area contributed by atoms with Crippen LogP contribution in [0.1, 0.15) is 32.1 Å². The predicted molar refractivity (Wildman–Crippen MR) is 78.8 cm³/mol. The van der Waals surface area contributed by atoms with Crippen LogP contribution in [-0.2, 0) is 19.2 Å². The molecule has 2 fully saturated rings. The summed E-state index contributed by atoms with van der Waals surface area (Å²) in [6.07, 6.45) is 1.26. The van der Waals surface area contributed by atoms with Gasteiger partial charge in [-0.3, -0.25) is 14.0 Å². The van der Waals surface area contributed by atoms with Gasteiger partial charge in [-0.25, -0.2) is 9.59 Å². The van der Waals surface area contributed by atoms with Gasteiger partial charge < -0.3 is 20.0 Å². The molecule has 2 aliphatic rings. The van der Waals surface area contributed by atoms with Gasteiger partial charge in [0.05, 0.1) is 5.92 Å². The molecule has 0 aromatic heterocycles. The van der Waals surface area contributed by atoms with Crippen LogP contribution in [0, 0.1) is 5.92 Å². The number of rotatable bonds is 6. The molecule has 8 nitrogen and oxygen atoms in total. The molecule has 2 unspecified atom stereocenters. The fourth-order valence-corrected chi connectivity index (χ4v) is 3.38. The molecule has 0 saturated carbocycles. The topological polar surface area (TPSA) is 115 Å². The van der Waals surface area contributed by atoms with Crippen LogP contribution in [0.2, 0.25) is 0 Å². The van der Waals surface area contributed by atoms with E-state index in [0.717, 1.165) is 9.80 Å². The molecule has 2 heterocycles. The van der Waals surface area contributed by atoms with Crippen LogP contribution in [-0.4, -0.2) is 75.6 Å². The second kappa shape index (κ2) is 7.59. The van der Waals surface area contributed by atoms with Crippen LogP contribution in [0.25, 0.3) is 0 Å². The molecule has 0 bridgehead atoms. The van der Waals surface area contributed by atoms with Crippen molar-refractivity contribution in [3.05, 3.63) is 0 Å². The molecule has 9 heteroatoms. The van der Waals surface area contributed by atoms with Crippen LogP contribution in [0.15, 0.2) is 0 Å². The number of alkyl halides is 1. The number of amides is 2. The molecule has 134 valence electrons. The van der Waals surface area contributed by atoms with Gasteiger partial charge in [-0.05, 0) is 25.7 Å². The Hall–Kier alpha value is -2.19. The lowest BCUT2D eigenvalue weighted by molar-refractivity contribution is -0.152. The van der Waals surface area contributed by atoms with Crippen LogP contribution >= 0.6 is 0 Å². The van der Waals surface area contributed by atoms with Crippen LogP contribution in [0.3, 0.4) is 0 Å². The number of likely N-dealkylation sites (tertiary alicyclic amines) is 2. The van der Waals surface area contributed by atoms with Gasteiger partial charge in [-0.1, -0.05) is 0 Å². The summed E-state index contributed by atoms with van der Waals surface area (Å²) in [5.41, 5.74) is 0. The standard InChI is InChI=1S/C15H21FN2O6/c16-8-9(13(20)18-6-2-4-11(18)15(23)24)7-12(19)17-5-1-3-10(17)14(21)22/h9-11H,1-8H2,(H,21,22)(H,23,24)/t9?,10-,11?/m0/s1. The molecule has 3 atom stereocenters. The number of nitrogens with zero attached hydrogens (tertiary/aromatic N) is 2. The van der Waals surface area contributed by atoms with E-state index in [2.05, 4.69) is 0 Å². The molecule has 24 heavy (non-hydrogen) atoms. The Balaban J connectivity index is 2.03. The zero-order valence-corrected chi connectivity index (χ0v) is 13.2. The lowest BCUT2D eigenvalue weighted by Crippen LogP contribution is -2.46. The third-order valence-corrected chi connectivity index (χ3v) is 4.64. The molecule has 0 aromatic carbocycles. The number of aliphatic carboxylic acids is 2. The molecule has 2 saturated heterocycles. The second-order valence-electron chi connectivity index (χ2n) is 6.17. The minimum absolute atomic E-state index is 0.224. The summed E-state index contributed by atoms with van der Waals surface area (Å²) in [6, 6.07) is -1.92. The third-order valence-electron chi connectivity index (χ3n) is 4.64. The summed E-state index contributed by atoms with van der Waals surface area (Å²) >= 11 is 0. The molecule has 0 radical (unpaired) electrons. The summed E-state index contributed by atoms with van der Waals surface area (Å²) in [5.74, 6) is -4.80. The van der Waals surface area contributed by atoms with Crippen molar-refractivity contribution >= 4 is 23.8 Å². The van der Waals surface area contributed by atoms with Crippen LogP contribution < -0.4 is 0 Å². The summed E-state index contributed by atoms with van der Waals surface area (Å²) < 4.78 is 13.3. The molecule has 0 aliphatic carbocycles. The number of carboxylic acid groups (broad SMARTS) is 2. The van der Waals surface area contributed by atoms with Crippen molar-refractivity contribution < 1.29 is 33.8 Å². The lowest BCUT2D eigenvalue weighted by atomic mass is 10.0. The smallest absolute Gasteiger partial charge is 0.326 e. The quantitative estimate of drug-likeness (QED) is 0.707. The highest BCUT2D eigenvalue weighted by Crippen LogP contribution is 2.24.